The van der Waals surface area contributed by atoms with E-state index in [2.05, 4.69) is 0 Å². The van der Waals surface area contributed by atoms with Gasteiger partial charge in [0.05, 0.1) is 0 Å². The van der Waals surface area contributed by atoms with Crippen molar-refractivity contribution in [3.05, 3.63) is 35.9 Å². The lowest BCUT2D eigenvalue weighted by Crippen LogP contribution is -2.12. The SMILES string of the molecule is CC(=O)COCC(=O)c1ccccc1. The number of carbonyl (C=O) groups is 2. The van der Waals surface area contributed by atoms with E-state index in [1.807, 2.05) is 6.07 Å². The summed E-state index contributed by atoms with van der Waals surface area (Å²) >= 11 is 0. The average Bonchev–Trinajstić information content (AvgIpc) is 2.18. The molecule has 74 valence electrons. The van der Waals surface area contributed by atoms with Crippen LogP contribution in [0.4, 0.5) is 0 Å². The first-order valence-electron chi connectivity index (χ1n) is 4.35. The fraction of sp³-hybridized carbons (Fsp3) is 0.273. The van der Waals surface area contributed by atoms with Crippen LogP contribution in [0.15, 0.2) is 30.3 Å². The third kappa shape index (κ3) is 3.49. The summed E-state index contributed by atoms with van der Waals surface area (Å²) in [5.74, 6) is -0.183. The molecule has 3 nitrogen and oxygen atoms in total. The summed E-state index contributed by atoms with van der Waals surface area (Å²) in [6.07, 6.45) is 0. The van der Waals surface area contributed by atoms with Crippen LogP contribution in [0.1, 0.15) is 17.3 Å². The number of rotatable bonds is 5. The normalized spacial score (nSPS) is 9.79. The standard InChI is InChI=1S/C11H12O3/c1-9(12)7-14-8-11(13)10-5-3-2-4-6-10/h2-6H,7-8H2,1H3. The molecular weight excluding hydrogens is 180 g/mol. The molecule has 0 bridgehead atoms. The Kier molecular flexibility index (Phi) is 4.01. The quantitative estimate of drug-likeness (QED) is 0.663. The van der Waals surface area contributed by atoms with Crippen molar-refractivity contribution in [2.24, 2.45) is 0 Å². The van der Waals surface area contributed by atoms with Crippen molar-refractivity contribution in [3.63, 3.8) is 0 Å². The second-order valence-corrected chi connectivity index (χ2v) is 2.98. The maximum Gasteiger partial charge on any atom is 0.188 e. The molecule has 0 amide bonds. The molecular formula is C11H12O3. The lowest BCUT2D eigenvalue weighted by Gasteiger charge is -2.00. The molecule has 1 aromatic carbocycles. The molecule has 0 atom stereocenters. The zero-order valence-corrected chi connectivity index (χ0v) is 8.03. The molecule has 14 heavy (non-hydrogen) atoms. The van der Waals surface area contributed by atoms with Crippen LogP contribution < -0.4 is 0 Å². The van der Waals surface area contributed by atoms with Gasteiger partial charge in [0.1, 0.15) is 13.2 Å². The summed E-state index contributed by atoms with van der Waals surface area (Å²) in [5, 5.41) is 0. The van der Waals surface area contributed by atoms with Crippen molar-refractivity contribution in [2.75, 3.05) is 13.2 Å². The highest BCUT2D eigenvalue weighted by Crippen LogP contribution is 1.99. The molecule has 0 saturated heterocycles. The van der Waals surface area contributed by atoms with E-state index in [-0.39, 0.29) is 24.8 Å². The van der Waals surface area contributed by atoms with Crippen molar-refractivity contribution in [1.29, 1.82) is 0 Å². The van der Waals surface area contributed by atoms with Crippen LogP contribution >= 0.6 is 0 Å². The molecule has 0 N–H and O–H groups in total. The Morgan fingerprint density at radius 2 is 1.79 bits per heavy atom. The van der Waals surface area contributed by atoms with Gasteiger partial charge in [-0.1, -0.05) is 30.3 Å². The first kappa shape index (κ1) is 10.6. The smallest absolute Gasteiger partial charge is 0.188 e. The lowest BCUT2D eigenvalue weighted by atomic mass is 10.1. The summed E-state index contributed by atoms with van der Waals surface area (Å²) in [7, 11) is 0. The molecule has 0 aromatic heterocycles. The minimum absolute atomic E-state index is 0.00142. The van der Waals surface area contributed by atoms with E-state index >= 15 is 0 Å². The molecule has 0 fully saturated rings. The van der Waals surface area contributed by atoms with Gasteiger partial charge in [-0.25, -0.2) is 0 Å². The van der Waals surface area contributed by atoms with Gasteiger partial charge >= 0.3 is 0 Å². The van der Waals surface area contributed by atoms with E-state index < -0.39 is 0 Å². The molecule has 0 aliphatic heterocycles. The van der Waals surface area contributed by atoms with Crippen molar-refractivity contribution in [1.82, 2.24) is 0 Å². The van der Waals surface area contributed by atoms with Crippen LogP contribution in [-0.2, 0) is 9.53 Å². The maximum atomic E-state index is 11.4. The zero-order valence-electron chi connectivity index (χ0n) is 8.03. The van der Waals surface area contributed by atoms with E-state index in [0.29, 0.717) is 5.56 Å². The van der Waals surface area contributed by atoms with Crippen molar-refractivity contribution < 1.29 is 14.3 Å². The molecule has 0 saturated carbocycles. The van der Waals surface area contributed by atoms with Gasteiger partial charge in [0, 0.05) is 5.56 Å². The third-order valence-corrected chi connectivity index (χ3v) is 1.63. The van der Waals surface area contributed by atoms with Crippen LogP contribution in [0.5, 0.6) is 0 Å². The maximum absolute atomic E-state index is 11.4. The van der Waals surface area contributed by atoms with Crippen LogP contribution in [0, 0.1) is 0 Å². The Bertz CT molecular complexity index is 317. The fourth-order valence-electron chi connectivity index (χ4n) is 0.995. The van der Waals surface area contributed by atoms with Gasteiger partial charge < -0.3 is 4.74 Å². The summed E-state index contributed by atoms with van der Waals surface area (Å²) in [6, 6.07) is 8.86. The summed E-state index contributed by atoms with van der Waals surface area (Å²) in [5.41, 5.74) is 0.607. The predicted molar refractivity (Wildman–Crippen MR) is 52.3 cm³/mol. The molecule has 0 spiro atoms. The van der Waals surface area contributed by atoms with Gasteiger partial charge in [-0.2, -0.15) is 0 Å². The molecule has 1 rings (SSSR count). The van der Waals surface area contributed by atoms with Gasteiger partial charge in [0.2, 0.25) is 0 Å². The highest BCUT2D eigenvalue weighted by molar-refractivity contribution is 5.97. The highest BCUT2D eigenvalue weighted by Gasteiger charge is 2.04. The molecule has 0 unspecified atom stereocenters. The van der Waals surface area contributed by atoms with Gasteiger partial charge in [-0.3, -0.25) is 9.59 Å². The van der Waals surface area contributed by atoms with Gasteiger partial charge in [-0.05, 0) is 6.92 Å². The largest absolute Gasteiger partial charge is 0.366 e. The summed E-state index contributed by atoms with van der Waals surface area (Å²) < 4.78 is 4.91. The number of hydrogen-bond donors (Lipinski definition) is 0. The second-order valence-electron chi connectivity index (χ2n) is 2.98. The zero-order chi connectivity index (χ0) is 10.4. The summed E-state index contributed by atoms with van der Waals surface area (Å²) in [4.78, 5) is 21.9. The minimum atomic E-state index is -0.105. The molecule has 1 aromatic rings. The van der Waals surface area contributed by atoms with Gasteiger partial charge in [0.15, 0.2) is 11.6 Å². The van der Waals surface area contributed by atoms with E-state index in [1.54, 1.807) is 24.3 Å². The molecule has 3 heteroatoms. The Hall–Kier alpha value is -1.48. The van der Waals surface area contributed by atoms with Crippen LogP contribution in [0.2, 0.25) is 0 Å². The molecule has 0 aliphatic carbocycles. The predicted octanol–water partition coefficient (Wildman–Crippen LogP) is 1.47. The number of Topliss-reactive ketones (excluding diaryl/α,β-unsaturated/α-hetero) is 2. The minimum Gasteiger partial charge on any atom is -0.366 e. The van der Waals surface area contributed by atoms with Crippen LogP contribution in [0.25, 0.3) is 0 Å². The van der Waals surface area contributed by atoms with E-state index in [4.69, 9.17) is 4.74 Å². The number of ketones is 2. The van der Waals surface area contributed by atoms with Crippen LogP contribution in [-0.4, -0.2) is 24.8 Å². The van der Waals surface area contributed by atoms with Crippen molar-refractivity contribution in [2.45, 2.75) is 6.92 Å². The number of ether oxygens (including phenoxy) is 1. The first-order valence-corrected chi connectivity index (χ1v) is 4.35. The lowest BCUT2D eigenvalue weighted by molar-refractivity contribution is -0.121. The highest BCUT2D eigenvalue weighted by atomic mass is 16.5. The Morgan fingerprint density at radius 3 is 2.36 bits per heavy atom. The van der Waals surface area contributed by atoms with E-state index in [9.17, 15) is 9.59 Å². The van der Waals surface area contributed by atoms with Crippen molar-refractivity contribution >= 4 is 11.6 Å². The van der Waals surface area contributed by atoms with Crippen LogP contribution in [0.3, 0.4) is 0 Å². The van der Waals surface area contributed by atoms with Gasteiger partial charge in [-0.15, -0.1) is 0 Å². The molecule has 0 heterocycles. The first-order chi connectivity index (χ1) is 6.70. The Morgan fingerprint density at radius 1 is 1.14 bits per heavy atom. The number of carbonyl (C=O) groups excluding carboxylic acids is 2. The number of hydrogen-bond acceptors (Lipinski definition) is 3. The Labute approximate surface area is 82.7 Å². The fourth-order valence-corrected chi connectivity index (χ4v) is 0.995. The Balaban J connectivity index is 2.40. The molecule has 0 radical (unpaired) electrons. The average molecular weight is 192 g/mol. The monoisotopic (exact) mass is 192 g/mol. The molecule has 0 aliphatic rings. The topological polar surface area (TPSA) is 43.4 Å². The van der Waals surface area contributed by atoms with Gasteiger partial charge in [0.25, 0.3) is 0 Å². The summed E-state index contributed by atoms with van der Waals surface area (Å²) in [6.45, 7) is 1.38. The second kappa shape index (κ2) is 5.29. The van der Waals surface area contributed by atoms with E-state index in [0.717, 1.165) is 0 Å². The number of benzene rings is 1. The third-order valence-electron chi connectivity index (χ3n) is 1.63. The van der Waals surface area contributed by atoms with E-state index in [1.165, 1.54) is 6.92 Å². The van der Waals surface area contributed by atoms with Crippen molar-refractivity contribution in [3.8, 4) is 0 Å².